The maximum atomic E-state index is 14.5. The molecule has 108 valence electrons. The van der Waals surface area contributed by atoms with Crippen LogP contribution in [0.5, 0.6) is 0 Å². The van der Waals surface area contributed by atoms with E-state index in [0.29, 0.717) is 23.3 Å². The molecule has 2 aromatic carbocycles. The van der Waals surface area contributed by atoms with Crippen LogP contribution in [0.1, 0.15) is 22.6 Å². The van der Waals surface area contributed by atoms with Crippen molar-refractivity contribution in [3.63, 3.8) is 0 Å². The Hall–Kier alpha value is -2.17. The van der Waals surface area contributed by atoms with E-state index in [1.807, 2.05) is 0 Å². The van der Waals surface area contributed by atoms with Gasteiger partial charge >= 0.3 is 0 Å². The number of hydrogen-bond donors (Lipinski definition) is 0. The molecule has 0 spiro atoms. The van der Waals surface area contributed by atoms with Gasteiger partial charge in [0.05, 0.1) is 11.5 Å². The molecule has 0 heterocycles. The Morgan fingerprint density at radius 2 is 1.57 bits per heavy atom. The zero-order valence-electron chi connectivity index (χ0n) is 10.6. The molecule has 0 N–H and O–H groups in total. The van der Waals surface area contributed by atoms with Gasteiger partial charge in [-0.15, -0.1) is 0 Å². The molecule has 1 aliphatic carbocycles. The quantitative estimate of drug-likeness (QED) is 0.540. The summed E-state index contributed by atoms with van der Waals surface area (Å²) < 4.78 is 68.8. The van der Waals surface area contributed by atoms with Gasteiger partial charge in [0.15, 0.2) is 17.5 Å². The summed E-state index contributed by atoms with van der Waals surface area (Å²) in [4.78, 5) is 0. The average Bonchev–Trinajstić information content (AvgIpc) is 2.89. The molecule has 1 aliphatic rings. The zero-order valence-corrected chi connectivity index (χ0v) is 10.6. The van der Waals surface area contributed by atoms with Crippen molar-refractivity contribution in [2.45, 2.75) is 11.8 Å². The molecule has 21 heavy (non-hydrogen) atoms. The fourth-order valence-corrected chi connectivity index (χ4v) is 2.52. The Bertz CT molecular complexity index is 733. The molecule has 0 radical (unpaired) electrons. The highest BCUT2D eigenvalue weighted by Crippen LogP contribution is 2.48. The summed E-state index contributed by atoms with van der Waals surface area (Å²) >= 11 is 0. The zero-order chi connectivity index (χ0) is 15.2. The van der Waals surface area contributed by atoms with E-state index in [1.54, 1.807) is 18.2 Å². The van der Waals surface area contributed by atoms with E-state index in [4.69, 9.17) is 0 Å². The third-order valence-electron chi connectivity index (χ3n) is 3.58. The molecule has 0 saturated heterocycles. The van der Waals surface area contributed by atoms with Crippen LogP contribution < -0.4 is 0 Å². The smallest absolute Gasteiger partial charge is 0.204 e. The van der Waals surface area contributed by atoms with Crippen LogP contribution in [0.2, 0.25) is 0 Å². The molecule has 1 atom stereocenters. The second-order valence-corrected chi connectivity index (χ2v) is 4.81. The fourth-order valence-electron chi connectivity index (χ4n) is 2.52. The SMILES string of the molecule is Fc1ccc(C(F)(F)C2C=Cc3ccccc32)c(F)c1F. The summed E-state index contributed by atoms with van der Waals surface area (Å²) in [5.74, 6) is -10.3. The van der Waals surface area contributed by atoms with Gasteiger partial charge < -0.3 is 0 Å². The number of fused-ring (bicyclic) bond motifs is 1. The van der Waals surface area contributed by atoms with E-state index in [2.05, 4.69) is 0 Å². The Labute approximate surface area is 117 Å². The minimum Gasteiger partial charge on any atom is -0.204 e. The minimum absolute atomic E-state index is 0.326. The van der Waals surface area contributed by atoms with Gasteiger partial charge in [0.2, 0.25) is 0 Å². The largest absolute Gasteiger partial charge is 0.286 e. The number of alkyl halides is 2. The maximum absolute atomic E-state index is 14.5. The van der Waals surface area contributed by atoms with Crippen molar-refractivity contribution in [1.29, 1.82) is 0 Å². The lowest BCUT2D eigenvalue weighted by Crippen LogP contribution is -2.24. The second-order valence-electron chi connectivity index (χ2n) is 4.81. The van der Waals surface area contributed by atoms with E-state index >= 15 is 0 Å². The van der Waals surface area contributed by atoms with Crippen LogP contribution in [0.15, 0.2) is 42.5 Å². The van der Waals surface area contributed by atoms with E-state index in [0.717, 1.165) is 0 Å². The Morgan fingerprint density at radius 3 is 2.33 bits per heavy atom. The second kappa shape index (κ2) is 4.69. The summed E-state index contributed by atoms with van der Waals surface area (Å²) in [7, 11) is 0. The number of allylic oxidation sites excluding steroid dienone is 1. The highest BCUT2D eigenvalue weighted by molar-refractivity contribution is 5.63. The van der Waals surface area contributed by atoms with E-state index < -0.39 is 34.9 Å². The number of benzene rings is 2. The van der Waals surface area contributed by atoms with Crippen LogP contribution in [0.25, 0.3) is 6.08 Å². The molecule has 0 bridgehead atoms. The first-order chi connectivity index (χ1) is 9.93. The van der Waals surface area contributed by atoms with Crippen LogP contribution in [0, 0.1) is 17.5 Å². The van der Waals surface area contributed by atoms with Crippen molar-refractivity contribution in [3.05, 3.63) is 76.6 Å². The normalized spacial score (nSPS) is 17.1. The van der Waals surface area contributed by atoms with Gasteiger partial charge in [-0.25, -0.2) is 22.0 Å². The molecule has 1 unspecified atom stereocenters. The van der Waals surface area contributed by atoms with Crippen molar-refractivity contribution in [2.24, 2.45) is 0 Å². The third kappa shape index (κ3) is 2.04. The average molecular weight is 296 g/mol. The summed E-state index contributed by atoms with van der Waals surface area (Å²) in [6.07, 6.45) is 2.75. The molecule has 0 saturated carbocycles. The standard InChI is InChI=1S/C16H9F5/c17-13-8-7-12(14(18)15(13)19)16(20,21)11-6-5-9-3-1-2-4-10(9)11/h1-8,11H. The van der Waals surface area contributed by atoms with Crippen LogP contribution >= 0.6 is 0 Å². The lowest BCUT2D eigenvalue weighted by Gasteiger charge is -2.24. The summed E-state index contributed by atoms with van der Waals surface area (Å²) in [5, 5.41) is 0. The lowest BCUT2D eigenvalue weighted by molar-refractivity contribution is -0.0228. The summed E-state index contributed by atoms with van der Waals surface area (Å²) in [6, 6.07) is 7.54. The number of halogens is 5. The van der Waals surface area contributed by atoms with E-state index in [9.17, 15) is 22.0 Å². The van der Waals surface area contributed by atoms with Crippen LogP contribution in [0.3, 0.4) is 0 Å². The Morgan fingerprint density at radius 1 is 0.857 bits per heavy atom. The Balaban J connectivity index is 2.11. The van der Waals surface area contributed by atoms with Gasteiger partial charge in [0, 0.05) is 0 Å². The molecule has 3 rings (SSSR count). The molecule has 0 aliphatic heterocycles. The molecule has 0 nitrogen and oxygen atoms in total. The first-order valence-electron chi connectivity index (χ1n) is 6.22. The van der Waals surface area contributed by atoms with Gasteiger partial charge in [-0.3, -0.25) is 0 Å². The highest BCUT2D eigenvalue weighted by atomic mass is 19.3. The fraction of sp³-hybridized carbons (Fsp3) is 0.125. The van der Waals surface area contributed by atoms with E-state index in [-0.39, 0.29) is 0 Å². The topological polar surface area (TPSA) is 0 Å². The molecule has 0 amide bonds. The number of rotatable bonds is 2. The van der Waals surface area contributed by atoms with Crippen molar-refractivity contribution >= 4 is 6.08 Å². The maximum Gasteiger partial charge on any atom is 0.286 e. The summed E-state index contributed by atoms with van der Waals surface area (Å²) in [6.45, 7) is 0. The predicted octanol–water partition coefficient (Wildman–Crippen LogP) is 5.01. The van der Waals surface area contributed by atoms with Crippen molar-refractivity contribution in [3.8, 4) is 0 Å². The van der Waals surface area contributed by atoms with Gasteiger partial charge in [0.25, 0.3) is 5.92 Å². The van der Waals surface area contributed by atoms with Crippen molar-refractivity contribution in [2.75, 3.05) is 0 Å². The first-order valence-corrected chi connectivity index (χ1v) is 6.22. The monoisotopic (exact) mass is 296 g/mol. The van der Waals surface area contributed by atoms with Gasteiger partial charge in [-0.2, -0.15) is 0 Å². The highest BCUT2D eigenvalue weighted by Gasteiger charge is 2.45. The van der Waals surface area contributed by atoms with Crippen LogP contribution in [-0.2, 0) is 5.92 Å². The molecule has 5 heteroatoms. The third-order valence-corrected chi connectivity index (χ3v) is 3.58. The van der Waals surface area contributed by atoms with Crippen molar-refractivity contribution < 1.29 is 22.0 Å². The molecule has 2 aromatic rings. The minimum atomic E-state index is -3.68. The molecular weight excluding hydrogens is 287 g/mol. The van der Waals surface area contributed by atoms with Gasteiger partial charge in [-0.1, -0.05) is 36.4 Å². The van der Waals surface area contributed by atoms with E-state index in [1.165, 1.54) is 18.2 Å². The predicted molar refractivity (Wildman–Crippen MR) is 68.4 cm³/mol. The lowest BCUT2D eigenvalue weighted by atomic mass is 9.89. The van der Waals surface area contributed by atoms with Crippen LogP contribution in [0.4, 0.5) is 22.0 Å². The van der Waals surface area contributed by atoms with Gasteiger partial charge in [-0.05, 0) is 23.3 Å². The summed E-state index contributed by atoms with van der Waals surface area (Å²) in [5.41, 5.74) is -0.218. The van der Waals surface area contributed by atoms with Crippen molar-refractivity contribution in [1.82, 2.24) is 0 Å². The molecular formula is C16H9F5. The number of hydrogen-bond acceptors (Lipinski definition) is 0. The molecule has 0 fully saturated rings. The van der Waals surface area contributed by atoms with Gasteiger partial charge in [0.1, 0.15) is 0 Å². The van der Waals surface area contributed by atoms with Crippen LogP contribution in [-0.4, -0.2) is 0 Å². The molecule has 0 aromatic heterocycles. The Kier molecular flexibility index (Phi) is 3.08. The first kappa shape index (κ1) is 13.8.